The maximum Gasteiger partial charge on any atom is 0.259 e. The summed E-state index contributed by atoms with van der Waals surface area (Å²) in [5.41, 5.74) is 8.79. The number of nitrogens with zero attached hydrogens (tertiary/aromatic N) is 3. The molecule has 0 unspecified atom stereocenters. The van der Waals surface area contributed by atoms with E-state index in [4.69, 9.17) is 22.7 Å². The summed E-state index contributed by atoms with van der Waals surface area (Å²) < 4.78 is 1.93. The lowest BCUT2D eigenvalue weighted by Crippen LogP contribution is -2.28. The lowest BCUT2D eigenvalue weighted by molar-refractivity contribution is 0.475. The van der Waals surface area contributed by atoms with Crippen LogP contribution in [0.4, 0.5) is 11.6 Å². The van der Waals surface area contributed by atoms with E-state index in [1.54, 1.807) is 6.07 Å². The van der Waals surface area contributed by atoms with Gasteiger partial charge in [0, 0.05) is 17.3 Å². The second kappa shape index (κ2) is 9.62. The second-order valence-corrected chi connectivity index (χ2v) is 9.57. The molecule has 0 aliphatic heterocycles. The molecule has 2 heterocycles. The Hall–Kier alpha value is -3.91. The topological polar surface area (TPSA) is 130 Å². The van der Waals surface area contributed by atoms with Crippen molar-refractivity contribution in [2.24, 2.45) is 0 Å². The van der Waals surface area contributed by atoms with E-state index in [9.17, 15) is 9.90 Å². The molecule has 1 aliphatic rings. The van der Waals surface area contributed by atoms with E-state index in [2.05, 4.69) is 21.4 Å². The summed E-state index contributed by atoms with van der Waals surface area (Å²) in [7, 11) is 0. The van der Waals surface area contributed by atoms with Crippen LogP contribution in [-0.2, 0) is 6.54 Å². The van der Waals surface area contributed by atoms with Gasteiger partial charge >= 0.3 is 0 Å². The van der Waals surface area contributed by atoms with Gasteiger partial charge in [0.1, 0.15) is 23.7 Å². The Morgan fingerprint density at radius 1 is 1.22 bits per heavy atom. The van der Waals surface area contributed by atoms with Gasteiger partial charge in [0.25, 0.3) is 5.56 Å². The van der Waals surface area contributed by atoms with Crippen LogP contribution < -0.4 is 16.6 Å². The Morgan fingerprint density at radius 3 is 2.75 bits per heavy atom. The average molecular weight is 503 g/mol. The van der Waals surface area contributed by atoms with Crippen molar-refractivity contribution in [1.29, 1.82) is 5.41 Å². The highest BCUT2D eigenvalue weighted by Crippen LogP contribution is 2.32. The number of pyridine rings is 1. The highest BCUT2D eigenvalue weighted by Gasteiger charge is 2.23. The van der Waals surface area contributed by atoms with Crippen LogP contribution in [0.25, 0.3) is 10.8 Å². The molecule has 0 radical (unpaired) electrons. The summed E-state index contributed by atoms with van der Waals surface area (Å²) in [4.78, 5) is 22.1. The van der Waals surface area contributed by atoms with Gasteiger partial charge in [-0.1, -0.05) is 48.7 Å². The van der Waals surface area contributed by atoms with E-state index >= 15 is 0 Å². The van der Waals surface area contributed by atoms with Crippen LogP contribution in [-0.4, -0.2) is 25.4 Å². The number of nitrogen functional groups attached to an aromatic ring is 1. The first kappa shape index (κ1) is 23.8. The van der Waals surface area contributed by atoms with Crippen molar-refractivity contribution in [2.75, 3.05) is 11.1 Å². The second-order valence-electron chi connectivity index (χ2n) is 9.17. The molecule has 2 aromatic carbocycles. The number of rotatable bonds is 6. The third-order valence-corrected chi connectivity index (χ3v) is 7.18. The van der Waals surface area contributed by atoms with Crippen molar-refractivity contribution >= 4 is 39.7 Å². The van der Waals surface area contributed by atoms with E-state index in [-0.39, 0.29) is 33.9 Å². The molecule has 1 saturated carbocycles. The predicted molar refractivity (Wildman–Crippen MR) is 143 cm³/mol. The fourth-order valence-corrected chi connectivity index (χ4v) is 5.19. The SMILES string of the molecule is Cc1cccc2cc(CNc3ncnc(N)c3C(=N)c3ccc(Cl)c(O)c3)n(C3CCCC3)c(=O)c12. The van der Waals surface area contributed by atoms with Gasteiger partial charge in [0.05, 0.1) is 28.2 Å². The number of aromatic nitrogens is 3. The highest BCUT2D eigenvalue weighted by atomic mass is 35.5. The van der Waals surface area contributed by atoms with Crippen molar-refractivity contribution < 1.29 is 5.11 Å². The van der Waals surface area contributed by atoms with Gasteiger partial charge in [0.2, 0.25) is 0 Å². The quantitative estimate of drug-likeness (QED) is 0.269. The number of aryl methyl sites for hydroxylation is 1. The molecule has 1 aliphatic carbocycles. The Balaban J connectivity index is 1.55. The Morgan fingerprint density at radius 2 is 2.00 bits per heavy atom. The number of hydrogen-bond donors (Lipinski definition) is 4. The van der Waals surface area contributed by atoms with Crippen LogP contribution in [0.5, 0.6) is 5.75 Å². The zero-order chi connectivity index (χ0) is 25.4. The lowest BCUT2D eigenvalue weighted by atomic mass is 10.0. The Kier molecular flexibility index (Phi) is 6.36. The summed E-state index contributed by atoms with van der Waals surface area (Å²) in [6.45, 7) is 2.29. The molecule has 1 fully saturated rings. The maximum atomic E-state index is 13.7. The molecular formula is C27H27ClN6O2. The third kappa shape index (κ3) is 4.28. The molecule has 5 N–H and O–H groups in total. The number of halogens is 1. The lowest BCUT2D eigenvalue weighted by Gasteiger charge is -2.22. The molecule has 36 heavy (non-hydrogen) atoms. The van der Waals surface area contributed by atoms with Gasteiger partial charge in [-0.2, -0.15) is 0 Å². The Bertz CT molecular complexity index is 1540. The molecule has 0 atom stereocenters. The molecule has 4 aromatic rings. The monoisotopic (exact) mass is 502 g/mol. The van der Waals surface area contributed by atoms with E-state index in [1.165, 1.54) is 18.5 Å². The summed E-state index contributed by atoms with van der Waals surface area (Å²) >= 11 is 5.93. The smallest absolute Gasteiger partial charge is 0.259 e. The van der Waals surface area contributed by atoms with Crippen LogP contribution in [0, 0.1) is 12.3 Å². The molecular weight excluding hydrogens is 476 g/mol. The minimum Gasteiger partial charge on any atom is -0.506 e. The minimum atomic E-state index is -0.129. The molecule has 0 saturated heterocycles. The molecule has 0 bridgehead atoms. The summed E-state index contributed by atoms with van der Waals surface area (Å²) in [5, 5.41) is 23.9. The largest absolute Gasteiger partial charge is 0.506 e. The van der Waals surface area contributed by atoms with Crippen LogP contribution in [0.2, 0.25) is 5.02 Å². The summed E-state index contributed by atoms with van der Waals surface area (Å²) in [5.74, 6) is 0.377. The molecule has 8 nitrogen and oxygen atoms in total. The molecule has 184 valence electrons. The van der Waals surface area contributed by atoms with Crippen molar-refractivity contribution in [1.82, 2.24) is 14.5 Å². The van der Waals surface area contributed by atoms with Gasteiger partial charge in [0.15, 0.2) is 0 Å². The zero-order valence-electron chi connectivity index (χ0n) is 19.9. The van der Waals surface area contributed by atoms with Crippen molar-refractivity contribution in [3.63, 3.8) is 0 Å². The van der Waals surface area contributed by atoms with Crippen LogP contribution in [0.15, 0.2) is 53.6 Å². The third-order valence-electron chi connectivity index (χ3n) is 6.86. The minimum absolute atomic E-state index is 0.0288. The number of phenols is 1. The number of nitrogens with two attached hydrogens (primary N) is 1. The number of fused-ring (bicyclic) bond motifs is 1. The van der Waals surface area contributed by atoms with Crippen molar-refractivity contribution in [3.05, 3.63) is 86.6 Å². The van der Waals surface area contributed by atoms with E-state index in [1.807, 2.05) is 29.7 Å². The highest BCUT2D eigenvalue weighted by molar-refractivity contribution is 6.32. The van der Waals surface area contributed by atoms with Gasteiger partial charge in [-0.25, -0.2) is 9.97 Å². The first-order valence-electron chi connectivity index (χ1n) is 11.9. The fraction of sp³-hybridized carbons (Fsp3) is 0.259. The predicted octanol–water partition coefficient (Wildman–Crippen LogP) is 5.18. The van der Waals surface area contributed by atoms with Gasteiger partial charge in [-0.15, -0.1) is 0 Å². The number of anilines is 2. The Labute approximate surface area is 213 Å². The molecule has 0 spiro atoms. The van der Waals surface area contributed by atoms with Crippen molar-refractivity contribution in [3.8, 4) is 5.75 Å². The summed E-state index contributed by atoms with van der Waals surface area (Å²) in [6.07, 6.45) is 5.49. The fourth-order valence-electron chi connectivity index (χ4n) is 5.07. The van der Waals surface area contributed by atoms with Crippen molar-refractivity contribution in [2.45, 2.75) is 45.2 Å². The van der Waals surface area contributed by atoms with Gasteiger partial charge in [-0.05, 0) is 48.9 Å². The number of benzene rings is 2. The average Bonchev–Trinajstić information content (AvgIpc) is 3.38. The molecule has 9 heteroatoms. The van der Waals surface area contributed by atoms with Gasteiger partial charge < -0.3 is 20.7 Å². The number of nitrogens with one attached hydrogen (secondary N) is 2. The van der Waals surface area contributed by atoms with E-state index in [0.717, 1.165) is 47.7 Å². The maximum absolute atomic E-state index is 13.7. The van der Waals surface area contributed by atoms with Crippen LogP contribution in [0.1, 0.15) is 54.1 Å². The number of phenolic OH excluding ortho intramolecular Hbond substituents is 1. The number of aromatic hydroxyl groups is 1. The van der Waals surface area contributed by atoms with E-state index < -0.39 is 0 Å². The number of hydrogen-bond acceptors (Lipinski definition) is 7. The standard InChI is InChI=1S/C27H27ClN6O2/c1-15-5-4-6-16-11-19(34(27(36)22(15)16)18-7-2-3-8-18)13-31-26-23(25(30)32-14-33-26)24(29)17-9-10-20(28)21(35)12-17/h4-6,9-12,14,18,29,35H,2-3,7-8,13H2,1H3,(H3,30,31,32,33). The molecule has 2 aromatic heterocycles. The zero-order valence-corrected chi connectivity index (χ0v) is 20.6. The molecule has 0 amide bonds. The summed E-state index contributed by atoms with van der Waals surface area (Å²) in [6, 6.07) is 12.7. The van der Waals surface area contributed by atoms with Crippen LogP contribution >= 0.6 is 11.6 Å². The van der Waals surface area contributed by atoms with Gasteiger partial charge in [-0.3, -0.25) is 10.2 Å². The molecule has 5 rings (SSSR count). The normalized spacial score (nSPS) is 13.8. The first-order chi connectivity index (χ1) is 17.3. The van der Waals surface area contributed by atoms with Crippen LogP contribution in [0.3, 0.4) is 0 Å². The first-order valence-corrected chi connectivity index (χ1v) is 12.3. The van der Waals surface area contributed by atoms with E-state index in [0.29, 0.717) is 23.5 Å².